The molecule has 0 aliphatic heterocycles. The Morgan fingerprint density at radius 3 is 2.50 bits per heavy atom. The molecule has 0 rings (SSSR count). The lowest BCUT2D eigenvalue weighted by Crippen LogP contribution is -2.30. The third-order valence-corrected chi connectivity index (χ3v) is 2.27. The van der Waals surface area contributed by atoms with Crippen LogP contribution < -0.4 is 11.1 Å². The number of rotatable bonds is 7. The van der Waals surface area contributed by atoms with Crippen molar-refractivity contribution in [3.63, 3.8) is 0 Å². The number of unbranched alkanes of at least 4 members (excludes halogenated alkanes) is 1. The number of hydrogen-bond donors (Lipinski definition) is 2. The van der Waals surface area contributed by atoms with Crippen molar-refractivity contribution in [2.45, 2.75) is 33.1 Å². The molecular weight excluding hydrogens is 180 g/mol. The van der Waals surface area contributed by atoms with Crippen molar-refractivity contribution in [3.8, 4) is 0 Å². The number of carbonyl (C=O) groups is 2. The Kier molecular flexibility index (Phi) is 7.02. The first kappa shape index (κ1) is 13.1. The number of nitrogens with two attached hydrogens (primary N) is 1. The smallest absolute Gasteiger partial charge is 0.233 e. The van der Waals surface area contributed by atoms with Gasteiger partial charge in [-0.2, -0.15) is 0 Å². The van der Waals surface area contributed by atoms with Crippen LogP contribution in [0.2, 0.25) is 0 Å². The van der Waals surface area contributed by atoms with Crippen molar-refractivity contribution in [1.82, 2.24) is 5.32 Å². The summed E-state index contributed by atoms with van der Waals surface area (Å²) in [5.41, 5.74) is 5.12. The van der Waals surface area contributed by atoms with E-state index in [1.165, 1.54) is 0 Å². The van der Waals surface area contributed by atoms with Crippen LogP contribution in [0.25, 0.3) is 0 Å². The van der Waals surface area contributed by atoms with Crippen molar-refractivity contribution in [1.29, 1.82) is 0 Å². The summed E-state index contributed by atoms with van der Waals surface area (Å²) >= 11 is 0. The molecular formula is C10H20N2O2. The van der Waals surface area contributed by atoms with E-state index < -0.39 is 0 Å². The average Bonchev–Trinajstić information content (AvgIpc) is 2.16. The van der Waals surface area contributed by atoms with Crippen LogP contribution in [0.5, 0.6) is 0 Å². The summed E-state index contributed by atoms with van der Waals surface area (Å²) in [7, 11) is 0. The quantitative estimate of drug-likeness (QED) is 0.586. The van der Waals surface area contributed by atoms with Crippen LogP contribution in [0.4, 0.5) is 0 Å². The molecule has 1 amide bonds. The van der Waals surface area contributed by atoms with Gasteiger partial charge in [0.2, 0.25) is 5.91 Å². The Morgan fingerprint density at radius 1 is 1.36 bits per heavy atom. The van der Waals surface area contributed by atoms with Crippen LogP contribution in [0, 0.1) is 5.92 Å². The minimum Gasteiger partial charge on any atom is -0.355 e. The van der Waals surface area contributed by atoms with Gasteiger partial charge in [0.15, 0.2) is 0 Å². The summed E-state index contributed by atoms with van der Waals surface area (Å²) in [6.45, 7) is 4.24. The highest BCUT2D eigenvalue weighted by atomic mass is 16.1. The molecule has 4 nitrogen and oxygen atoms in total. The highest BCUT2D eigenvalue weighted by Gasteiger charge is 2.06. The van der Waals surface area contributed by atoms with Gasteiger partial charge < -0.3 is 11.1 Å². The molecule has 0 heterocycles. The van der Waals surface area contributed by atoms with Gasteiger partial charge in [-0.3, -0.25) is 9.59 Å². The molecule has 0 aromatic rings. The first-order valence-corrected chi connectivity index (χ1v) is 5.05. The molecule has 0 aliphatic carbocycles. The number of ketones is 1. The maximum absolute atomic E-state index is 10.9. The zero-order valence-corrected chi connectivity index (χ0v) is 9.01. The molecule has 3 N–H and O–H groups in total. The third-order valence-electron chi connectivity index (χ3n) is 2.27. The second-order valence-corrected chi connectivity index (χ2v) is 3.56. The van der Waals surface area contributed by atoms with E-state index in [9.17, 15) is 9.59 Å². The van der Waals surface area contributed by atoms with Crippen molar-refractivity contribution in [2.75, 3.05) is 13.1 Å². The molecule has 4 heteroatoms. The van der Waals surface area contributed by atoms with E-state index >= 15 is 0 Å². The van der Waals surface area contributed by atoms with Gasteiger partial charge >= 0.3 is 0 Å². The lowest BCUT2D eigenvalue weighted by Gasteiger charge is -2.07. The zero-order valence-electron chi connectivity index (χ0n) is 9.01. The highest BCUT2D eigenvalue weighted by molar-refractivity contribution is 5.78. The first-order chi connectivity index (χ1) is 6.57. The second-order valence-electron chi connectivity index (χ2n) is 3.56. The van der Waals surface area contributed by atoms with E-state index in [1.807, 2.05) is 6.92 Å². The van der Waals surface area contributed by atoms with Crippen LogP contribution in [0.1, 0.15) is 33.1 Å². The highest BCUT2D eigenvalue weighted by Crippen LogP contribution is 2.07. The number of hydrogen-bond acceptors (Lipinski definition) is 3. The fraction of sp³-hybridized carbons (Fsp3) is 0.800. The van der Waals surface area contributed by atoms with Crippen molar-refractivity contribution < 1.29 is 9.59 Å². The van der Waals surface area contributed by atoms with Crippen LogP contribution >= 0.6 is 0 Å². The third kappa shape index (κ3) is 6.60. The Bertz CT molecular complexity index is 193. The molecule has 0 aromatic heterocycles. The monoisotopic (exact) mass is 200 g/mol. The number of nitrogens with one attached hydrogen (secondary N) is 1. The van der Waals surface area contributed by atoms with Gasteiger partial charge in [-0.1, -0.05) is 13.3 Å². The lowest BCUT2D eigenvalue weighted by molar-refractivity contribution is -0.121. The van der Waals surface area contributed by atoms with E-state index in [1.54, 1.807) is 6.92 Å². The van der Waals surface area contributed by atoms with Crippen molar-refractivity contribution in [2.24, 2.45) is 11.7 Å². The molecule has 0 fully saturated rings. The van der Waals surface area contributed by atoms with Gasteiger partial charge in [0.05, 0.1) is 6.54 Å². The zero-order chi connectivity index (χ0) is 11.0. The minimum absolute atomic E-state index is 0.0455. The fourth-order valence-electron chi connectivity index (χ4n) is 1.08. The van der Waals surface area contributed by atoms with Crippen LogP contribution in [0.3, 0.4) is 0 Å². The van der Waals surface area contributed by atoms with E-state index in [0.29, 0.717) is 6.54 Å². The van der Waals surface area contributed by atoms with Crippen LogP contribution in [-0.4, -0.2) is 24.8 Å². The summed E-state index contributed by atoms with van der Waals surface area (Å²) in [6, 6.07) is 0. The molecule has 82 valence electrons. The predicted octanol–water partition coefficient (Wildman–Crippen LogP) is 0.457. The van der Waals surface area contributed by atoms with E-state index in [2.05, 4.69) is 5.32 Å². The lowest BCUT2D eigenvalue weighted by atomic mass is 10.0. The molecule has 1 atom stereocenters. The van der Waals surface area contributed by atoms with Gasteiger partial charge in [0, 0.05) is 12.5 Å². The van der Waals surface area contributed by atoms with Crippen LogP contribution in [-0.2, 0) is 9.59 Å². The second kappa shape index (κ2) is 7.50. The predicted molar refractivity (Wildman–Crippen MR) is 55.8 cm³/mol. The van der Waals surface area contributed by atoms with Crippen LogP contribution in [0.15, 0.2) is 0 Å². The molecule has 0 unspecified atom stereocenters. The largest absolute Gasteiger partial charge is 0.355 e. The van der Waals surface area contributed by atoms with Gasteiger partial charge in [0.25, 0.3) is 0 Å². The SMILES string of the molecule is CC(=O)[C@@H](C)CCCCNC(=O)CN. The Balaban J connectivity index is 3.30. The van der Waals surface area contributed by atoms with Gasteiger partial charge in [0.1, 0.15) is 5.78 Å². The minimum atomic E-state index is -0.121. The van der Waals surface area contributed by atoms with Crippen molar-refractivity contribution >= 4 is 11.7 Å². The molecule has 0 aliphatic rings. The maximum atomic E-state index is 10.9. The molecule has 0 spiro atoms. The summed E-state index contributed by atoms with van der Waals surface area (Å²) < 4.78 is 0. The normalized spacial score (nSPS) is 12.2. The van der Waals surface area contributed by atoms with E-state index in [4.69, 9.17) is 5.73 Å². The summed E-state index contributed by atoms with van der Waals surface area (Å²) in [4.78, 5) is 21.6. The Labute approximate surface area is 85.2 Å². The molecule has 0 saturated heterocycles. The number of carbonyl (C=O) groups excluding carboxylic acids is 2. The molecule has 0 saturated carbocycles. The first-order valence-electron chi connectivity index (χ1n) is 5.05. The van der Waals surface area contributed by atoms with E-state index in [0.717, 1.165) is 19.3 Å². The standard InChI is InChI=1S/C10H20N2O2/c1-8(9(2)13)5-3-4-6-12-10(14)7-11/h8H,3-7,11H2,1-2H3,(H,12,14)/t8-/m0/s1. The van der Waals surface area contributed by atoms with Gasteiger partial charge in [-0.25, -0.2) is 0 Å². The molecule has 0 aromatic carbocycles. The summed E-state index contributed by atoms with van der Waals surface area (Å²) in [5.74, 6) is 0.251. The topological polar surface area (TPSA) is 72.2 Å². The Morgan fingerprint density at radius 2 is 2.00 bits per heavy atom. The average molecular weight is 200 g/mol. The molecule has 14 heavy (non-hydrogen) atoms. The molecule has 0 bridgehead atoms. The Hall–Kier alpha value is -0.900. The molecule has 0 radical (unpaired) electrons. The van der Waals surface area contributed by atoms with Gasteiger partial charge in [-0.05, 0) is 19.8 Å². The summed E-state index contributed by atoms with van der Waals surface area (Å²) in [6.07, 6.45) is 2.77. The fourth-order valence-corrected chi connectivity index (χ4v) is 1.08. The van der Waals surface area contributed by atoms with E-state index in [-0.39, 0.29) is 24.2 Å². The van der Waals surface area contributed by atoms with Crippen molar-refractivity contribution in [3.05, 3.63) is 0 Å². The number of Topliss-reactive ketones (excluding diaryl/α,β-unsaturated/α-hetero) is 1. The number of amides is 1. The maximum Gasteiger partial charge on any atom is 0.233 e. The summed E-state index contributed by atoms with van der Waals surface area (Å²) in [5, 5.41) is 2.69. The van der Waals surface area contributed by atoms with Gasteiger partial charge in [-0.15, -0.1) is 0 Å².